The number of halogens is 1. The third-order valence-corrected chi connectivity index (χ3v) is 5.39. The van der Waals surface area contributed by atoms with Crippen molar-refractivity contribution in [2.24, 2.45) is 0 Å². The second-order valence-electron chi connectivity index (χ2n) is 4.62. The molecule has 0 N–H and O–H groups in total. The summed E-state index contributed by atoms with van der Waals surface area (Å²) in [5.41, 5.74) is -0.495. The maximum Gasteiger partial charge on any atom is 0.289 e. The highest BCUT2D eigenvalue weighted by Crippen LogP contribution is 2.41. The summed E-state index contributed by atoms with van der Waals surface area (Å²) in [4.78, 5) is 21.0. The van der Waals surface area contributed by atoms with Crippen LogP contribution in [0, 0.1) is 20.2 Å². The standard InChI is InChI=1S/C12H13ClN2O4S/c13-9-3-1-2-4-11(9)20-12-6-5-8(14(16)17)7-10(12)15(18)19/h5-7,9,11H,1-4H2/t9-,11-/m1/s1. The van der Waals surface area contributed by atoms with Crippen molar-refractivity contribution in [3.8, 4) is 0 Å². The van der Waals surface area contributed by atoms with Gasteiger partial charge in [-0.1, -0.05) is 12.8 Å². The minimum Gasteiger partial charge on any atom is -0.258 e. The van der Waals surface area contributed by atoms with Crippen molar-refractivity contribution in [3.63, 3.8) is 0 Å². The Morgan fingerprint density at radius 1 is 1.15 bits per heavy atom. The molecule has 0 bridgehead atoms. The van der Waals surface area contributed by atoms with Gasteiger partial charge in [0.15, 0.2) is 0 Å². The van der Waals surface area contributed by atoms with Gasteiger partial charge in [0, 0.05) is 16.7 Å². The smallest absolute Gasteiger partial charge is 0.258 e. The van der Waals surface area contributed by atoms with Crippen LogP contribution in [0.1, 0.15) is 25.7 Å². The van der Waals surface area contributed by atoms with Crippen LogP contribution in [0.15, 0.2) is 23.1 Å². The second kappa shape index (κ2) is 6.41. The fourth-order valence-electron chi connectivity index (χ4n) is 2.21. The maximum atomic E-state index is 11.1. The lowest BCUT2D eigenvalue weighted by Crippen LogP contribution is -2.22. The lowest BCUT2D eigenvalue weighted by Gasteiger charge is -2.26. The van der Waals surface area contributed by atoms with Crippen LogP contribution in [-0.2, 0) is 0 Å². The highest BCUT2D eigenvalue weighted by Gasteiger charge is 2.28. The summed E-state index contributed by atoms with van der Waals surface area (Å²) in [5.74, 6) is 0. The number of nitro groups is 2. The molecule has 0 unspecified atom stereocenters. The van der Waals surface area contributed by atoms with Gasteiger partial charge in [-0.25, -0.2) is 0 Å². The summed E-state index contributed by atoms with van der Waals surface area (Å²) >= 11 is 7.60. The van der Waals surface area contributed by atoms with Crippen LogP contribution in [0.5, 0.6) is 0 Å². The maximum absolute atomic E-state index is 11.1. The predicted octanol–water partition coefficient (Wildman–Crippen LogP) is 4.15. The molecule has 2 rings (SSSR count). The zero-order valence-corrected chi connectivity index (χ0v) is 12.1. The number of thioether (sulfide) groups is 1. The molecule has 1 fully saturated rings. The third-order valence-electron chi connectivity index (χ3n) is 3.25. The summed E-state index contributed by atoms with van der Waals surface area (Å²) in [6.45, 7) is 0. The molecule has 1 saturated carbocycles. The van der Waals surface area contributed by atoms with Crippen molar-refractivity contribution in [2.75, 3.05) is 0 Å². The Labute approximate surface area is 124 Å². The largest absolute Gasteiger partial charge is 0.289 e. The summed E-state index contributed by atoms with van der Waals surface area (Å²) in [6.07, 6.45) is 3.95. The van der Waals surface area contributed by atoms with Gasteiger partial charge in [0.2, 0.25) is 0 Å². The average molecular weight is 317 g/mol. The molecule has 2 atom stereocenters. The Morgan fingerprint density at radius 3 is 2.45 bits per heavy atom. The predicted molar refractivity (Wildman–Crippen MR) is 77.5 cm³/mol. The first-order chi connectivity index (χ1) is 9.49. The van der Waals surface area contributed by atoms with Crippen LogP contribution in [-0.4, -0.2) is 20.5 Å². The van der Waals surface area contributed by atoms with Gasteiger partial charge in [-0.05, 0) is 18.9 Å². The average Bonchev–Trinajstić information content (AvgIpc) is 2.41. The van der Waals surface area contributed by atoms with Crippen molar-refractivity contribution >= 4 is 34.7 Å². The molecular formula is C12H13ClN2O4S. The van der Waals surface area contributed by atoms with Gasteiger partial charge in [-0.2, -0.15) is 0 Å². The molecule has 8 heteroatoms. The monoisotopic (exact) mass is 316 g/mol. The lowest BCUT2D eigenvalue weighted by molar-refractivity contribution is -0.396. The summed E-state index contributed by atoms with van der Waals surface area (Å²) in [6, 6.07) is 3.74. The van der Waals surface area contributed by atoms with Gasteiger partial charge in [-0.3, -0.25) is 20.2 Å². The number of alkyl halides is 1. The molecule has 0 radical (unpaired) electrons. The molecule has 1 aliphatic rings. The minimum atomic E-state index is -0.633. The normalized spacial score (nSPS) is 22.4. The summed E-state index contributed by atoms with van der Waals surface area (Å²) < 4.78 is 0. The van der Waals surface area contributed by atoms with Crippen LogP contribution < -0.4 is 0 Å². The van der Waals surface area contributed by atoms with E-state index in [0.29, 0.717) is 4.90 Å². The second-order valence-corrected chi connectivity index (χ2v) is 6.46. The molecule has 108 valence electrons. The van der Waals surface area contributed by atoms with E-state index in [9.17, 15) is 20.2 Å². The molecule has 1 aromatic rings. The van der Waals surface area contributed by atoms with E-state index in [1.807, 2.05) is 0 Å². The van der Waals surface area contributed by atoms with Crippen LogP contribution in [0.4, 0.5) is 11.4 Å². The Bertz CT molecular complexity index is 540. The number of hydrogen-bond acceptors (Lipinski definition) is 5. The van der Waals surface area contributed by atoms with Gasteiger partial charge in [0.25, 0.3) is 11.4 Å². The van der Waals surface area contributed by atoms with Gasteiger partial charge in [0.05, 0.1) is 20.8 Å². The molecule has 0 amide bonds. The quantitative estimate of drug-likeness (QED) is 0.473. The van der Waals surface area contributed by atoms with E-state index in [4.69, 9.17) is 11.6 Å². The molecule has 1 aromatic carbocycles. The SMILES string of the molecule is O=[N+]([O-])c1ccc(S[C@@H]2CCCC[C@H]2Cl)c([N+](=O)[O-])c1. The van der Waals surface area contributed by atoms with Crippen molar-refractivity contribution in [3.05, 3.63) is 38.4 Å². The van der Waals surface area contributed by atoms with Gasteiger partial charge in [0.1, 0.15) is 0 Å². The minimum absolute atomic E-state index is 0.0106. The molecule has 0 spiro atoms. The zero-order chi connectivity index (χ0) is 14.7. The van der Waals surface area contributed by atoms with E-state index in [-0.39, 0.29) is 22.0 Å². The topological polar surface area (TPSA) is 86.3 Å². The van der Waals surface area contributed by atoms with Crippen molar-refractivity contribution in [2.45, 2.75) is 41.2 Å². The van der Waals surface area contributed by atoms with E-state index in [0.717, 1.165) is 31.7 Å². The number of hydrogen-bond donors (Lipinski definition) is 0. The van der Waals surface area contributed by atoms with Gasteiger partial charge >= 0.3 is 0 Å². The highest BCUT2D eigenvalue weighted by atomic mass is 35.5. The van der Waals surface area contributed by atoms with Crippen LogP contribution in [0.25, 0.3) is 0 Å². The first-order valence-electron chi connectivity index (χ1n) is 6.22. The fraction of sp³-hybridized carbons (Fsp3) is 0.500. The molecule has 0 aromatic heterocycles. The first-order valence-corrected chi connectivity index (χ1v) is 7.54. The van der Waals surface area contributed by atoms with E-state index < -0.39 is 9.85 Å². The number of rotatable bonds is 4. The number of benzene rings is 1. The fourth-order valence-corrected chi connectivity index (χ4v) is 3.94. The number of nitro benzene ring substituents is 2. The Hall–Kier alpha value is -1.34. The summed E-state index contributed by atoms with van der Waals surface area (Å²) in [5, 5.41) is 21.8. The first kappa shape index (κ1) is 15.1. The zero-order valence-electron chi connectivity index (χ0n) is 10.5. The molecule has 0 saturated heterocycles. The Kier molecular flexibility index (Phi) is 4.82. The van der Waals surface area contributed by atoms with Crippen LogP contribution in [0.3, 0.4) is 0 Å². The third kappa shape index (κ3) is 3.40. The van der Waals surface area contributed by atoms with Crippen molar-refractivity contribution in [1.29, 1.82) is 0 Å². The van der Waals surface area contributed by atoms with Crippen LogP contribution >= 0.6 is 23.4 Å². The van der Waals surface area contributed by atoms with Crippen LogP contribution in [0.2, 0.25) is 0 Å². The van der Waals surface area contributed by atoms with Gasteiger partial charge < -0.3 is 0 Å². The summed E-state index contributed by atoms with van der Waals surface area (Å²) in [7, 11) is 0. The van der Waals surface area contributed by atoms with E-state index >= 15 is 0 Å². The van der Waals surface area contributed by atoms with E-state index in [1.54, 1.807) is 0 Å². The Morgan fingerprint density at radius 2 is 1.85 bits per heavy atom. The Balaban J connectivity index is 2.26. The highest BCUT2D eigenvalue weighted by molar-refractivity contribution is 8.00. The molecule has 6 nitrogen and oxygen atoms in total. The molecule has 20 heavy (non-hydrogen) atoms. The van der Waals surface area contributed by atoms with E-state index in [2.05, 4.69) is 0 Å². The van der Waals surface area contributed by atoms with Crippen molar-refractivity contribution < 1.29 is 9.85 Å². The number of nitrogens with zero attached hydrogens (tertiary/aromatic N) is 2. The van der Waals surface area contributed by atoms with Gasteiger partial charge in [-0.15, -0.1) is 23.4 Å². The lowest BCUT2D eigenvalue weighted by atomic mass is 10.00. The molecule has 0 aliphatic heterocycles. The van der Waals surface area contributed by atoms with Crippen molar-refractivity contribution in [1.82, 2.24) is 0 Å². The molecule has 1 aliphatic carbocycles. The van der Waals surface area contributed by atoms with E-state index in [1.165, 1.54) is 23.9 Å². The molecule has 0 heterocycles. The number of non-ortho nitro benzene ring substituents is 1. The molecular weight excluding hydrogens is 304 g/mol.